The fraction of sp³-hybridized carbons (Fsp3) is 0.429. The standard InChI is InChI=1S/C14H20N4/c1-4-13(15)8-12-7-10(2)14(17-9-12)18-6-5-16-11(18)3/h5-7,9,13H,4,8,15H2,1-3H3. The summed E-state index contributed by atoms with van der Waals surface area (Å²) in [7, 11) is 0. The molecule has 4 nitrogen and oxygen atoms in total. The summed E-state index contributed by atoms with van der Waals surface area (Å²) in [5, 5.41) is 0. The number of imidazole rings is 1. The maximum atomic E-state index is 5.97. The second kappa shape index (κ2) is 5.31. The van der Waals surface area contributed by atoms with Crippen LogP contribution in [0.25, 0.3) is 5.82 Å². The van der Waals surface area contributed by atoms with Crippen LogP contribution in [0.5, 0.6) is 0 Å². The van der Waals surface area contributed by atoms with Crippen molar-refractivity contribution in [3.05, 3.63) is 41.6 Å². The molecule has 2 aromatic rings. The topological polar surface area (TPSA) is 56.7 Å². The molecule has 1 atom stereocenters. The molecule has 0 saturated heterocycles. The Kier molecular flexibility index (Phi) is 3.77. The van der Waals surface area contributed by atoms with Crippen LogP contribution in [0.2, 0.25) is 0 Å². The van der Waals surface area contributed by atoms with Crippen LogP contribution in [0.1, 0.15) is 30.3 Å². The average molecular weight is 244 g/mol. The molecule has 2 heterocycles. The summed E-state index contributed by atoms with van der Waals surface area (Å²) < 4.78 is 2.00. The van der Waals surface area contributed by atoms with Gasteiger partial charge < -0.3 is 5.73 Å². The molecular formula is C14H20N4. The van der Waals surface area contributed by atoms with E-state index in [9.17, 15) is 0 Å². The Balaban J connectivity index is 2.28. The van der Waals surface area contributed by atoms with Gasteiger partial charge in [0.05, 0.1) is 0 Å². The molecule has 1 unspecified atom stereocenters. The number of pyridine rings is 1. The summed E-state index contributed by atoms with van der Waals surface area (Å²) in [5.41, 5.74) is 8.32. The fourth-order valence-electron chi connectivity index (χ4n) is 2.04. The van der Waals surface area contributed by atoms with Gasteiger partial charge in [0.1, 0.15) is 11.6 Å². The van der Waals surface area contributed by atoms with Crippen molar-refractivity contribution in [1.29, 1.82) is 0 Å². The first-order valence-corrected chi connectivity index (χ1v) is 6.33. The third-order valence-electron chi connectivity index (χ3n) is 3.18. The van der Waals surface area contributed by atoms with Gasteiger partial charge in [0.25, 0.3) is 0 Å². The molecule has 0 bridgehead atoms. The number of hydrogen-bond donors (Lipinski definition) is 1. The molecule has 0 fully saturated rings. The highest BCUT2D eigenvalue weighted by molar-refractivity contribution is 5.36. The number of nitrogens with zero attached hydrogens (tertiary/aromatic N) is 3. The van der Waals surface area contributed by atoms with E-state index in [1.54, 1.807) is 6.20 Å². The highest BCUT2D eigenvalue weighted by Gasteiger charge is 2.08. The Labute approximate surface area is 108 Å². The second-order valence-electron chi connectivity index (χ2n) is 4.70. The van der Waals surface area contributed by atoms with E-state index in [4.69, 9.17) is 5.73 Å². The molecule has 96 valence electrons. The molecule has 0 aliphatic carbocycles. The minimum atomic E-state index is 0.215. The van der Waals surface area contributed by atoms with Gasteiger partial charge in [-0.05, 0) is 37.8 Å². The Hall–Kier alpha value is -1.68. The molecule has 0 saturated carbocycles. The molecule has 0 aliphatic heterocycles. The van der Waals surface area contributed by atoms with Crippen molar-refractivity contribution in [1.82, 2.24) is 14.5 Å². The van der Waals surface area contributed by atoms with Gasteiger partial charge in [-0.1, -0.05) is 13.0 Å². The second-order valence-corrected chi connectivity index (χ2v) is 4.70. The minimum absolute atomic E-state index is 0.215. The normalized spacial score (nSPS) is 12.7. The molecule has 0 aliphatic rings. The maximum absolute atomic E-state index is 5.97. The first-order chi connectivity index (χ1) is 8.61. The third kappa shape index (κ3) is 2.59. The zero-order valence-corrected chi connectivity index (χ0v) is 11.2. The van der Waals surface area contributed by atoms with Crippen LogP contribution in [0.15, 0.2) is 24.7 Å². The van der Waals surface area contributed by atoms with Gasteiger partial charge in [-0.25, -0.2) is 9.97 Å². The van der Waals surface area contributed by atoms with Crippen molar-refractivity contribution in [2.24, 2.45) is 5.73 Å². The van der Waals surface area contributed by atoms with E-state index < -0.39 is 0 Å². The monoisotopic (exact) mass is 244 g/mol. The van der Waals surface area contributed by atoms with Crippen molar-refractivity contribution >= 4 is 0 Å². The molecule has 2 aromatic heterocycles. The van der Waals surface area contributed by atoms with Crippen LogP contribution < -0.4 is 5.73 Å². The van der Waals surface area contributed by atoms with Crippen molar-refractivity contribution < 1.29 is 0 Å². The zero-order valence-electron chi connectivity index (χ0n) is 11.2. The van der Waals surface area contributed by atoms with E-state index in [0.29, 0.717) is 0 Å². The van der Waals surface area contributed by atoms with Crippen LogP contribution in [-0.2, 0) is 6.42 Å². The highest BCUT2D eigenvalue weighted by atomic mass is 15.1. The molecule has 0 spiro atoms. The molecule has 2 rings (SSSR count). The quantitative estimate of drug-likeness (QED) is 0.896. The number of aryl methyl sites for hydroxylation is 2. The van der Waals surface area contributed by atoms with Gasteiger partial charge in [0.15, 0.2) is 0 Å². The van der Waals surface area contributed by atoms with Crippen molar-refractivity contribution in [3.8, 4) is 5.82 Å². The van der Waals surface area contributed by atoms with E-state index in [-0.39, 0.29) is 6.04 Å². The van der Waals surface area contributed by atoms with Crippen molar-refractivity contribution in [2.45, 2.75) is 39.7 Å². The maximum Gasteiger partial charge on any atom is 0.140 e. The van der Waals surface area contributed by atoms with Gasteiger partial charge in [-0.15, -0.1) is 0 Å². The fourth-order valence-corrected chi connectivity index (χ4v) is 2.04. The van der Waals surface area contributed by atoms with Crippen LogP contribution in [0, 0.1) is 13.8 Å². The Bertz CT molecular complexity index is 530. The van der Waals surface area contributed by atoms with Crippen LogP contribution in [0.4, 0.5) is 0 Å². The van der Waals surface area contributed by atoms with Gasteiger partial charge in [0, 0.05) is 24.6 Å². The lowest BCUT2D eigenvalue weighted by molar-refractivity contribution is 0.644. The van der Waals surface area contributed by atoms with E-state index in [0.717, 1.165) is 30.0 Å². The Morgan fingerprint density at radius 2 is 2.11 bits per heavy atom. The number of aromatic nitrogens is 3. The lowest BCUT2D eigenvalue weighted by atomic mass is 10.1. The summed E-state index contributed by atoms with van der Waals surface area (Å²) in [5.74, 6) is 1.89. The van der Waals surface area contributed by atoms with Crippen LogP contribution in [0.3, 0.4) is 0 Å². The Morgan fingerprint density at radius 3 is 2.67 bits per heavy atom. The van der Waals surface area contributed by atoms with Gasteiger partial charge in [-0.3, -0.25) is 4.57 Å². The predicted molar refractivity (Wildman–Crippen MR) is 72.8 cm³/mol. The van der Waals surface area contributed by atoms with E-state index in [1.807, 2.05) is 23.9 Å². The van der Waals surface area contributed by atoms with Gasteiger partial charge >= 0.3 is 0 Å². The van der Waals surface area contributed by atoms with Crippen LogP contribution in [-0.4, -0.2) is 20.6 Å². The SMILES string of the molecule is CCC(N)Cc1cnc(-n2ccnc2C)c(C)c1. The third-order valence-corrected chi connectivity index (χ3v) is 3.18. The number of hydrogen-bond acceptors (Lipinski definition) is 3. The molecule has 0 amide bonds. The summed E-state index contributed by atoms with van der Waals surface area (Å²) in [4.78, 5) is 8.76. The van der Waals surface area contributed by atoms with E-state index in [2.05, 4.69) is 29.9 Å². The summed E-state index contributed by atoms with van der Waals surface area (Å²) >= 11 is 0. The van der Waals surface area contributed by atoms with Gasteiger partial charge in [-0.2, -0.15) is 0 Å². The van der Waals surface area contributed by atoms with E-state index in [1.165, 1.54) is 5.56 Å². The molecule has 4 heteroatoms. The Morgan fingerprint density at radius 1 is 1.33 bits per heavy atom. The number of nitrogens with two attached hydrogens (primary N) is 1. The summed E-state index contributed by atoms with van der Waals surface area (Å²) in [6.45, 7) is 6.15. The van der Waals surface area contributed by atoms with E-state index >= 15 is 0 Å². The smallest absolute Gasteiger partial charge is 0.140 e. The molecule has 0 aromatic carbocycles. The minimum Gasteiger partial charge on any atom is -0.327 e. The average Bonchev–Trinajstić information content (AvgIpc) is 2.75. The highest BCUT2D eigenvalue weighted by Crippen LogP contribution is 2.15. The van der Waals surface area contributed by atoms with Crippen molar-refractivity contribution in [3.63, 3.8) is 0 Å². The molecule has 0 radical (unpaired) electrons. The molecule has 2 N–H and O–H groups in total. The summed E-state index contributed by atoms with van der Waals surface area (Å²) in [6, 6.07) is 2.38. The van der Waals surface area contributed by atoms with Gasteiger partial charge in [0.2, 0.25) is 0 Å². The van der Waals surface area contributed by atoms with Crippen molar-refractivity contribution in [2.75, 3.05) is 0 Å². The lowest BCUT2D eigenvalue weighted by Gasteiger charge is -2.12. The molecular weight excluding hydrogens is 224 g/mol. The lowest BCUT2D eigenvalue weighted by Crippen LogP contribution is -2.21. The zero-order chi connectivity index (χ0) is 13.1. The first-order valence-electron chi connectivity index (χ1n) is 6.33. The summed E-state index contributed by atoms with van der Waals surface area (Å²) in [6.07, 6.45) is 7.51. The largest absolute Gasteiger partial charge is 0.327 e. The first kappa shape index (κ1) is 12.8. The van der Waals surface area contributed by atoms with Crippen LogP contribution >= 0.6 is 0 Å². The number of rotatable bonds is 4. The predicted octanol–water partition coefficient (Wildman–Crippen LogP) is 2.16. The molecule has 18 heavy (non-hydrogen) atoms.